The van der Waals surface area contributed by atoms with Crippen molar-refractivity contribution in [3.05, 3.63) is 35.9 Å². The minimum atomic E-state index is -1.84. The molecular formula is C76H131N19O19. The first-order chi connectivity index (χ1) is 53.4. The fourth-order valence-corrected chi connectivity index (χ4v) is 11.7. The summed E-state index contributed by atoms with van der Waals surface area (Å²) in [5.41, 5.74) is 23.2. The fourth-order valence-electron chi connectivity index (χ4n) is 11.7. The molecule has 0 heterocycles. The molecule has 0 bridgehead atoms. The van der Waals surface area contributed by atoms with E-state index in [-0.39, 0.29) is 82.2 Å². The van der Waals surface area contributed by atoms with Gasteiger partial charge in [0, 0.05) is 6.42 Å². The van der Waals surface area contributed by atoms with E-state index in [1.165, 1.54) is 6.92 Å². The van der Waals surface area contributed by atoms with E-state index in [2.05, 4.69) is 79.8 Å². The van der Waals surface area contributed by atoms with Crippen molar-refractivity contribution >= 4 is 100 Å². The molecular weight excluding hydrogens is 1480 g/mol. The third kappa shape index (κ3) is 38.7. The van der Waals surface area contributed by atoms with E-state index in [1.54, 1.807) is 113 Å². The molecule has 0 aliphatic carbocycles. The first-order valence-corrected chi connectivity index (χ1v) is 39.2. The van der Waals surface area contributed by atoms with Crippen LogP contribution in [0.25, 0.3) is 0 Å². The Morgan fingerprint density at radius 1 is 0.368 bits per heavy atom. The van der Waals surface area contributed by atoms with Crippen molar-refractivity contribution in [2.45, 2.75) is 259 Å². The van der Waals surface area contributed by atoms with Crippen LogP contribution in [0.2, 0.25) is 0 Å². The van der Waals surface area contributed by atoms with Gasteiger partial charge in [0.05, 0.1) is 32.7 Å². The Labute approximate surface area is 668 Å². The molecule has 1 aromatic carbocycles. The van der Waals surface area contributed by atoms with Gasteiger partial charge in [0.1, 0.15) is 78.5 Å². The molecule has 1 aromatic rings. The van der Waals surface area contributed by atoms with Gasteiger partial charge in [-0.15, -0.1) is 0 Å². The van der Waals surface area contributed by atoms with Crippen LogP contribution in [0.4, 0.5) is 0 Å². The topological polar surface area (TPSA) is 615 Å². The zero-order valence-corrected chi connectivity index (χ0v) is 68.8. The highest BCUT2D eigenvalue weighted by Gasteiger charge is 2.39. The van der Waals surface area contributed by atoms with Crippen molar-refractivity contribution in [1.29, 1.82) is 0 Å². The normalized spacial score (nSPS) is 15.0. The number of hydrogen-bond donors (Lipinski definition) is 21. The highest BCUT2D eigenvalue weighted by Crippen LogP contribution is 2.17. The van der Waals surface area contributed by atoms with Gasteiger partial charge in [0.25, 0.3) is 0 Å². The summed E-state index contributed by atoms with van der Waals surface area (Å²) in [5, 5.41) is 58.0. The van der Waals surface area contributed by atoms with Crippen LogP contribution in [0.5, 0.6) is 0 Å². The molecule has 0 saturated carbocycles. The van der Waals surface area contributed by atoms with Gasteiger partial charge in [-0.2, -0.15) is 0 Å². The molecule has 0 unspecified atom stereocenters. The van der Waals surface area contributed by atoms with Crippen molar-refractivity contribution in [3.8, 4) is 0 Å². The third-order valence-corrected chi connectivity index (χ3v) is 18.3. The first kappa shape index (κ1) is 102. The molecule has 38 heteroatoms. The molecule has 0 aliphatic heterocycles. The van der Waals surface area contributed by atoms with Crippen LogP contribution < -0.4 is 103 Å². The van der Waals surface area contributed by atoms with Crippen molar-refractivity contribution in [2.24, 2.45) is 64.4 Å². The molecule has 1 rings (SSSR count). The number of nitrogens with two attached hydrogens (primary N) is 4. The number of amides is 16. The molecule has 16 amide bonds. The fraction of sp³-hybridized carbons (Fsp3) is 0.697. The zero-order chi connectivity index (χ0) is 86.8. The van der Waals surface area contributed by atoms with Crippen LogP contribution in [0.15, 0.2) is 30.3 Å². The summed E-state index contributed by atoms with van der Waals surface area (Å²) in [6.07, 6.45) is 0.891. The Balaban J connectivity index is 3.40. The Hall–Kier alpha value is -9.95. The largest absolute Gasteiger partial charge is 0.481 e. The molecule has 0 fully saturated rings. The van der Waals surface area contributed by atoms with Crippen molar-refractivity contribution in [3.63, 3.8) is 0 Å². The average Bonchev–Trinajstić information content (AvgIpc) is 0.831. The number of primary amides is 1. The van der Waals surface area contributed by atoms with Crippen LogP contribution in [0, 0.1) is 41.4 Å². The van der Waals surface area contributed by atoms with Gasteiger partial charge < -0.3 is 113 Å². The maximum absolute atomic E-state index is 14.6. The lowest BCUT2D eigenvalue weighted by molar-refractivity contribution is -0.142. The number of unbranched alkanes of at least 4 members (excludes halogenated alkanes) is 2. The molecule has 644 valence electrons. The lowest BCUT2D eigenvalue weighted by Gasteiger charge is -2.31. The summed E-state index contributed by atoms with van der Waals surface area (Å²) < 4.78 is 0. The molecule has 38 nitrogen and oxygen atoms in total. The van der Waals surface area contributed by atoms with Gasteiger partial charge in [0.15, 0.2) is 0 Å². The summed E-state index contributed by atoms with van der Waals surface area (Å²) in [6, 6.07) is -9.30. The smallest absolute Gasteiger partial charge is 0.305 e. The number of carboxylic acids is 1. The zero-order valence-electron chi connectivity index (χ0n) is 68.8. The predicted molar refractivity (Wildman–Crippen MR) is 423 cm³/mol. The molecule has 114 heavy (non-hydrogen) atoms. The Morgan fingerprint density at radius 2 is 0.728 bits per heavy atom. The molecule has 0 radical (unpaired) electrons. The number of carboxylic acid groups (broad SMARTS) is 1. The van der Waals surface area contributed by atoms with Gasteiger partial charge in [-0.1, -0.05) is 134 Å². The Bertz CT molecular complexity index is 3340. The van der Waals surface area contributed by atoms with E-state index < -0.39 is 235 Å². The highest BCUT2D eigenvalue weighted by atomic mass is 16.4. The number of rotatable bonds is 55. The summed E-state index contributed by atoms with van der Waals surface area (Å²) in [7, 11) is 0. The highest BCUT2D eigenvalue weighted by molar-refractivity contribution is 6.01. The standard InChI is InChI=1S/C76H131N19O19/c1-16-45(14)63(95-71(109)54(34-59(100)101)91-70(108)53(33-47-24-18-17-19-25-47)90-69(107)52(32-41(6)7)84-56(97)35-79)76(114)94-61(43(10)11)74(112)87-48(26-20-22-28-77)67(105)86-49(27-21-23-29-78)68(106)92-62(44(12)13)75(113)93-60(42(8)9)73(111)82-36-57(98)83-46(15)65(103)89-51(31-40(4)5)66(104)81-37-58(99)85-55(38-96)72(110)88-50(64(80)102)30-39(2)3/h17-19,24-25,39-46,48-55,60-63,96H,16,20-23,26-38,77-79H2,1-15H3,(H2,80,102)(H,81,104)(H,82,111)(H,83,98)(H,84,97)(H,85,99)(H,86,105)(H,87,112)(H,88,110)(H,89,103)(H,90,107)(H,91,108)(H,92,106)(H,93,113)(H,94,114)(H,95,109)(H,100,101)/t45-,46-,48-,49-,50-,51-,52-,53-,54-,55-,60-,61-,62-,63-/m0/s1. The lowest BCUT2D eigenvalue weighted by Crippen LogP contribution is -2.62. The molecule has 0 saturated heterocycles. The van der Waals surface area contributed by atoms with Gasteiger partial charge in [-0.05, 0) is 125 Å². The van der Waals surface area contributed by atoms with Gasteiger partial charge >= 0.3 is 5.97 Å². The van der Waals surface area contributed by atoms with Crippen LogP contribution >= 0.6 is 0 Å². The molecule has 0 aliphatic rings. The van der Waals surface area contributed by atoms with Crippen LogP contribution in [-0.4, -0.2) is 229 Å². The van der Waals surface area contributed by atoms with Gasteiger partial charge in [0.2, 0.25) is 94.5 Å². The van der Waals surface area contributed by atoms with Crippen LogP contribution in [0.1, 0.15) is 180 Å². The second-order valence-corrected chi connectivity index (χ2v) is 30.9. The first-order valence-electron chi connectivity index (χ1n) is 39.2. The predicted octanol–water partition coefficient (Wildman–Crippen LogP) is -3.89. The maximum atomic E-state index is 14.6. The number of aliphatic hydroxyl groups is 1. The summed E-state index contributed by atoms with van der Waals surface area (Å²) in [4.78, 5) is 231. The minimum Gasteiger partial charge on any atom is -0.481 e. The minimum absolute atomic E-state index is 0.0123. The van der Waals surface area contributed by atoms with E-state index in [0.29, 0.717) is 24.8 Å². The Kier molecular flexibility index (Phi) is 47.6. The number of nitrogens with one attached hydrogen (secondary N) is 15. The Morgan fingerprint density at radius 3 is 1.19 bits per heavy atom. The van der Waals surface area contributed by atoms with E-state index in [0.717, 1.165) is 0 Å². The number of hydrogen-bond acceptors (Lipinski definition) is 21. The summed E-state index contributed by atoms with van der Waals surface area (Å²) in [5.74, 6) is -18.2. The third-order valence-electron chi connectivity index (χ3n) is 18.3. The van der Waals surface area contributed by atoms with Crippen LogP contribution in [0.3, 0.4) is 0 Å². The van der Waals surface area contributed by atoms with E-state index in [1.807, 2.05) is 13.8 Å². The number of benzene rings is 1. The van der Waals surface area contributed by atoms with E-state index >= 15 is 0 Å². The number of carbonyl (C=O) groups is 17. The van der Waals surface area contributed by atoms with E-state index in [9.17, 15) is 91.7 Å². The van der Waals surface area contributed by atoms with Crippen molar-refractivity contribution < 1.29 is 91.7 Å². The van der Waals surface area contributed by atoms with E-state index in [4.69, 9.17) is 22.9 Å². The summed E-state index contributed by atoms with van der Waals surface area (Å²) >= 11 is 0. The second-order valence-electron chi connectivity index (χ2n) is 30.9. The monoisotopic (exact) mass is 1610 g/mol. The summed E-state index contributed by atoms with van der Waals surface area (Å²) in [6.45, 7) is 22.7. The quantitative estimate of drug-likeness (QED) is 0.0277. The molecule has 25 N–H and O–H groups in total. The van der Waals surface area contributed by atoms with Gasteiger partial charge in [-0.3, -0.25) is 81.5 Å². The number of aliphatic hydroxyl groups excluding tert-OH is 1. The van der Waals surface area contributed by atoms with Crippen molar-refractivity contribution in [2.75, 3.05) is 39.3 Å². The lowest BCUT2D eigenvalue weighted by atomic mass is 9.95. The van der Waals surface area contributed by atoms with Crippen molar-refractivity contribution in [1.82, 2.24) is 79.8 Å². The molecule has 0 spiro atoms. The van der Waals surface area contributed by atoms with Crippen LogP contribution in [-0.2, 0) is 87.9 Å². The number of carbonyl (C=O) groups excluding carboxylic acids is 16. The molecule has 14 atom stereocenters. The maximum Gasteiger partial charge on any atom is 0.305 e. The average molecular weight is 1610 g/mol. The molecule has 0 aromatic heterocycles. The second kappa shape index (κ2) is 53.2. The van der Waals surface area contributed by atoms with Gasteiger partial charge in [-0.25, -0.2) is 0 Å². The SMILES string of the molecule is CC[C@H](C)[C@H](NC(=O)[C@H](CC(=O)O)NC(=O)[C@H](Cc1ccccc1)NC(=O)[C@H](CC(C)C)NC(=O)CN)C(=O)N[C@H](C(=O)N[C@@H](CCCCN)C(=O)N[C@@H](CCCCN)C(=O)N[C@H](C(=O)N[C@H](C(=O)NCC(=O)N[C@@H](C)C(=O)N[C@@H](CC(C)C)C(=O)NCC(=O)N[C@@H](CO)C(=O)N[C@@H](CC(C)C)C(N)=O)C(C)C)C(C)C)C(C)C. The number of aliphatic carboxylic acids is 1.